The lowest BCUT2D eigenvalue weighted by molar-refractivity contribution is 0.359. The topological polar surface area (TPSA) is 43.4 Å². The fourth-order valence-corrected chi connectivity index (χ4v) is 10.4. The minimum atomic E-state index is -0.289. The lowest BCUT2D eigenvalue weighted by Crippen LogP contribution is -2.61. The van der Waals surface area contributed by atoms with Crippen molar-refractivity contribution < 1.29 is 18.9 Å². The molecule has 10 aromatic carbocycles. The number of ether oxygens (including phenoxy) is 4. The third kappa shape index (κ3) is 5.56. The molecule has 0 radical (unpaired) electrons. The van der Waals surface area contributed by atoms with Gasteiger partial charge in [-0.2, -0.15) is 0 Å². The third-order valence-electron chi connectivity index (χ3n) is 13.5. The number of hydrogen-bond acceptors (Lipinski definition) is 6. The van der Waals surface area contributed by atoms with Crippen LogP contribution in [0.1, 0.15) is 5.56 Å². The summed E-state index contributed by atoms with van der Waals surface area (Å²) in [5.41, 5.74) is 15.6. The highest BCUT2D eigenvalue weighted by atomic mass is 16.6. The molecule has 0 spiro atoms. The van der Waals surface area contributed by atoms with E-state index in [0.717, 1.165) is 50.6 Å². The van der Waals surface area contributed by atoms with Gasteiger partial charge in [-0.3, -0.25) is 0 Å². The zero-order valence-corrected chi connectivity index (χ0v) is 35.7. The molecule has 0 atom stereocenters. The predicted molar refractivity (Wildman–Crippen MR) is 266 cm³/mol. The van der Waals surface area contributed by atoms with Gasteiger partial charge in [-0.25, -0.2) is 0 Å². The molecular weight excluding hydrogens is 811 g/mol. The SMILES string of the molecule is Cc1ccccc1-c1cc2c3c(c1)N(c1ccc4c(c1)Oc1ccccc1O4)c1cc4c(cc1B3N(c1ccc(-c3ccccc3)cc1)c1c-2ccc2ccccc12)Oc1ccccc1O4. The van der Waals surface area contributed by atoms with Crippen molar-refractivity contribution in [3.05, 3.63) is 212 Å². The number of hydrogen-bond donors (Lipinski definition) is 0. The minimum absolute atomic E-state index is 0.289. The van der Waals surface area contributed by atoms with E-state index in [1.165, 1.54) is 38.5 Å². The number of rotatable bonds is 4. The molecule has 4 aliphatic heterocycles. The molecule has 0 unspecified atom stereocenters. The second kappa shape index (κ2) is 14.2. The Morgan fingerprint density at radius 3 is 1.71 bits per heavy atom. The van der Waals surface area contributed by atoms with Crippen LogP contribution in [0, 0.1) is 6.92 Å². The number of aryl methyl sites for hydroxylation is 1. The smallest absolute Gasteiger partial charge is 0.333 e. The molecule has 4 aliphatic rings. The summed E-state index contributed by atoms with van der Waals surface area (Å²) in [6, 6.07) is 72.7. The van der Waals surface area contributed by atoms with E-state index in [9.17, 15) is 0 Å². The predicted octanol–water partition coefficient (Wildman–Crippen LogP) is 15.0. The van der Waals surface area contributed by atoms with Gasteiger partial charge in [-0.1, -0.05) is 127 Å². The lowest BCUT2D eigenvalue weighted by Gasteiger charge is -2.46. The summed E-state index contributed by atoms with van der Waals surface area (Å²) >= 11 is 0. The van der Waals surface area contributed by atoms with Crippen LogP contribution in [0.15, 0.2) is 206 Å². The van der Waals surface area contributed by atoms with Gasteiger partial charge in [0, 0.05) is 45.8 Å². The van der Waals surface area contributed by atoms with Gasteiger partial charge < -0.3 is 28.7 Å². The molecule has 0 bridgehead atoms. The minimum Gasteiger partial charge on any atom is -0.450 e. The number of benzene rings is 10. The van der Waals surface area contributed by atoms with Crippen molar-refractivity contribution in [2.45, 2.75) is 6.92 Å². The maximum Gasteiger partial charge on any atom is 0.333 e. The largest absolute Gasteiger partial charge is 0.450 e. The molecule has 0 N–H and O–H groups in total. The van der Waals surface area contributed by atoms with Crippen LogP contribution in [0.4, 0.5) is 28.4 Å². The Balaban J connectivity index is 1.08. The summed E-state index contributed by atoms with van der Waals surface area (Å²) in [4.78, 5) is 4.94. The van der Waals surface area contributed by atoms with E-state index in [2.05, 4.69) is 168 Å². The lowest BCUT2D eigenvalue weighted by atomic mass is 9.43. The molecule has 6 nitrogen and oxygen atoms in total. The first-order valence-electron chi connectivity index (χ1n) is 22.3. The Bertz CT molecular complexity index is 3650. The molecule has 4 heterocycles. The molecular formula is C59H37BN2O4. The first-order valence-corrected chi connectivity index (χ1v) is 22.3. The molecule has 10 aromatic rings. The summed E-state index contributed by atoms with van der Waals surface area (Å²) in [6.07, 6.45) is 0. The molecule has 0 aliphatic carbocycles. The Hall–Kier alpha value is -8.68. The van der Waals surface area contributed by atoms with E-state index in [4.69, 9.17) is 18.9 Å². The van der Waals surface area contributed by atoms with Gasteiger partial charge in [0.15, 0.2) is 46.0 Å². The first kappa shape index (κ1) is 36.8. The van der Waals surface area contributed by atoms with Crippen LogP contribution >= 0.6 is 0 Å². The van der Waals surface area contributed by atoms with Crippen molar-refractivity contribution in [1.82, 2.24) is 0 Å². The number of nitrogens with zero attached hydrogens (tertiary/aromatic N) is 2. The van der Waals surface area contributed by atoms with Crippen LogP contribution in [-0.2, 0) is 0 Å². The van der Waals surface area contributed by atoms with Crippen molar-refractivity contribution in [2.75, 3.05) is 9.71 Å². The van der Waals surface area contributed by atoms with Crippen molar-refractivity contribution in [2.24, 2.45) is 0 Å². The van der Waals surface area contributed by atoms with E-state index < -0.39 is 0 Å². The first-order chi connectivity index (χ1) is 32.6. The van der Waals surface area contributed by atoms with Crippen LogP contribution in [-0.4, -0.2) is 6.85 Å². The molecule has 0 saturated heterocycles. The molecule has 0 aromatic heterocycles. The monoisotopic (exact) mass is 848 g/mol. The molecule has 310 valence electrons. The van der Waals surface area contributed by atoms with Gasteiger partial charge in [-0.05, 0) is 123 Å². The highest BCUT2D eigenvalue weighted by molar-refractivity contribution is 6.94. The van der Waals surface area contributed by atoms with Gasteiger partial charge in [0.25, 0.3) is 0 Å². The second-order valence-electron chi connectivity index (χ2n) is 17.3. The summed E-state index contributed by atoms with van der Waals surface area (Å²) < 4.78 is 26.5. The van der Waals surface area contributed by atoms with Crippen LogP contribution < -0.4 is 39.6 Å². The van der Waals surface area contributed by atoms with E-state index >= 15 is 0 Å². The summed E-state index contributed by atoms with van der Waals surface area (Å²) in [5.74, 6) is 5.33. The second-order valence-corrected chi connectivity index (χ2v) is 17.3. The standard InChI is InChI=1S/C59H37BN2O4/c1-36-13-5-7-17-43(36)40-31-46-45-29-25-39-16-6-8-18-44(39)59(45)62(41-26-23-38(24-27-41)37-14-3-2-4-15-37)60-47-34-56-57(66-53-22-12-11-21-52(53)65-56)35-48(47)61(49(32-40)58(46)60)42-28-30-54-55(33-42)64-51-20-10-9-19-50(51)63-54/h2-35H,1H3. The molecule has 0 amide bonds. The fraction of sp³-hybridized carbons (Fsp3) is 0.0169. The zero-order valence-electron chi connectivity index (χ0n) is 35.7. The Morgan fingerprint density at radius 2 is 0.970 bits per heavy atom. The van der Waals surface area contributed by atoms with Gasteiger partial charge in [0.1, 0.15) is 0 Å². The van der Waals surface area contributed by atoms with Crippen LogP contribution in [0.5, 0.6) is 46.0 Å². The van der Waals surface area contributed by atoms with Crippen LogP contribution in [0.3, 0.4) is 0 Å². The molecule has 7 heteroatoms. The van der Waals surface area contributed by atoms with E-state index in [-0.39, 0.29) is 6.85 Å². The fourth-order valence-electron chi connectivity index (χ4n) is 10.4. The number of fused-ring (bicyclic) bond motifs is 10. The summed E-state index contributed by atoms with van der Waals surface area (Å²) in [5, 5.41) is 2.35. The molecule has 0 saturated carbocycles. The normalized spacial score (nSPS) is 13.3. The Morgan fingerprint density at radius 1 is 0.379 bits per heavy atom. The van der Waals surface area contributed by atoms with E-state index in [0.29, 0.717) is 46.0 Å². The van der Waals surface area contributed by atoms with Crippen molar-refractivity contribution in [3.8, 4) is 79.4 Å². The Kier molecular flexibility index (Phi) is 7.89. The molecule has 0 fully saturated rings. The summed E-state index contributed by atoms with van der Waals surface area (Å²) in [7, 11) is 0. The van der Waals surface area contributed by atoms with Crippen molar-refractivity contribution >= 4 is 57.0 Å². The maximum atomic E-state index is 6.76. The number of para-hydroxylation sites is 4. The summed E-state index contributed by atoms with van der Waals surface area (Å²) in [6.45, 7) is 1.90. The van der Waals surface area contributed by atoms with E-state index in [1.807, 2.05) is 54.6 Å². The van der Waals surface area contributed by atoms with Gasteiger partial charge >= 0.3 is 6.85 Å². The quantitative estimate of drug-likeness (QED) is 0.164. The van der Waals surface area contributed by atoms with Gasteiger partial charge in [0.2, 0.25) is 0 Å². The highest BCUT2D eigenvalue weighted by Crippen LogP contribution is 2.55. The van der Waals surface area contributed by atoms with Crippen molar-refractivity contribution in [1.29, 1.82) is 0 Å². The average molecular weight is 849 g/mol. The van der Waals surface area contributed by atoms with Crippen molar-refractivity contribution in [3.63, 3.8) is 0 Å². The average Bonchev–Trinajstić information content (AvgIpc) is 3.37. The maximum absolute atomic E-state index is 6.76. The third-order valence-corrected chi connectivity index (χ3v) is 13.5. The van der Waals surface area contributed by atoms with E-state index in [1.54, 1.807) is 0 Å². The Labute approximate surface area is 382 Å². The zero-order chi connectivity index (χ0) is 43.5. The number of anilines is 5. The van der Waals surface area contributed by atoms with Gasteiger partial charge in [-0.15, -0.1) is 0 Å². The van der Waals surface area contributed by atoms with Crippen LogP contribution in [0.2, 0.25) is 0 Å². The van der Waals surface area contributed by atoms with Crippen LogP contribution in [0.25, 0.3) is 44.2 Å². The molecule has 66 heavy (non-hydrogen) atoms. The molecule has 14 rings (SSSR count). The highest BCUT2D eigenvalue weighted by Gasteiger charge is 2.47. The van der Waals surface area contributed by atoms with Gasteiger partial charge in [0.05, 0.1) is 5.69 Å².